The first-order valence-electron chi connectivity index (χ1n) is 10.7. The van der Waals surface area contributed by atoms with E-state index in [1.807, 2.05) is 22.7 Å². The van der Waals surface area contributed by atoms with Crippen molar-refractivity contribution in [2.75, 3.05) is 13.1 Å². The van der Waals surface area contributed by atoms with Crippen molar-refractivity contribution < 1.29 is 14.3 Å². The number of aromatic nitrogens is 5. The number of hydrogen-bond donors (Lipinski definition) is 1. The van der Waals surface area contributed by atoms with Crippen LogP contribution in [0.3, 0.4) is 0 Å². The fraction of sp³-hybridized carbons (Fsp3) is 0.650. The number of hydrogen-bond acceptors (Lipinski definition) is 6. The number of likely N-dealkylation sites (tertiary alicyclic amines) is 1. The average molecular weight is 413 g/mol. The molecule has 2 aromatic heterocycles. The van der Waals surface area contributed by atoms with E-state index in [0.29, 0.717) is 38.5 Å². The highest BCUT2D eigenvalue weighted by Gasteiger charge is 2.43. The Kier molecular flexibility index (Phi) is 4.80. The third kappa shape index (κ3) is 3.60. The van der Waals surface area contributed by atoms with Gasteiger partial charge in [-0.1, -0.05) is 5.21 Å². The van der Waals surface area contributed by atoms with Crippen LogP contribution in [0.2, 0.25) is 0 Å². The predicted octanol–water partition coefficient (Wildman–Crippen LogP) is 0.726. The van der Waals surface area contributed by atoms with Crippen molar-refractivity contribution in [2.24, 2.45) is 5.92 Å². The van der Waals surface area contributed by atoms with Gasteiger partial charge < -0.3 is 15.0 Å². The molecule has 1 saturated heterocycles. The Morgan fingerprint density at radius 1 is 1.33 bits per heavy atom. The van der Waals surface area contributed by atoms with Crippen molar-refractivity contribution >= 4 is 11.8 Å². The Hall–Kier alpha value is -2.75. The fourth-order valence-electron chi connectivity index (χ4n) is 4.32. The summed E-state index contributed by atoms with van der Waals surface area (Å²) in [7, 11) is 0. The molecule has 1 spiro atoms. The maximum atomic E-state index is 12.9. The van der Waals surface area contributed by atoms with Gasteiger partial charge in [-0.2, -0.15) is 5.10 Å². The van der Waals surface area contributed by atoms with Gasteiger partial charge in [-0.05, 0) is 38.7 Å². The second-order valence-corrected chi connectivity index (χ2v) is 8.49. The van der Waals surface area contributed by atoms with Gasteiger partial charge in [0.2, 0.25) is 5.91 Å². The highest BCUT2D eigenvalue weighted by Crippen LogP contribution is 2.33. The van der Waals surface area contributed by atoms with E-state index in [2.05, 4.69) is 20.7 Å². The van der Waals surface area contributed by atoms with Crippen molar-refractivity contribution in [1.29, 1.82) is 0 Å². The molecular weight excluding hydrogens is 386 g/mol. The highest BCUT2D eigenvalue weighted by atomic mass is 16.5. The number of aryl methyl sites for hydroxylation is 1. The van der Waals surface area contributed by atoms with Crippen molar-refractivity contribution in [3.63, 3.8) is 0 Å². The third-order valence-electron chi connectivity index (χ3n) is 6.26. The molecule has 1 N–H and O–H groups in total. The Labute approximate surface area is 174 Å². The van der Waals surface area contributed by atoms with E-state index in [9.17, 15) is 9.59 Å². The molecule has 5 rings (SSSR count). The summed E-state index contributed by atoms with van der Waals surface area (Å²) in [5, 5.41) is 15.9. The van der Waals surface area contributed by atoms with E-state index < -0.39 is 5.60 Å². The summed E-state index contributed by atoms with van der Waals surface area (Å²) in [4.78, 5) is 26.7. The first kappa shape index (κ1) is 19.2. The molecule has 2 amide bonds. The lowest BCUT2D eigenvalue weighted by molar-refractivity contribution is -0.123. The SMILES string of the molecule is CCn1ccc(C(=O)N2CCCC3(C2)Cn2nnc(CNC(=O)C4CC4)c2CO3)n1. The number of piperidine rings is 1. The Morgan fingerprint density at radius 3 is 2.97 bits per heavy atom. The molecule has 0 bridgehead atoms. The van der Waals surface area contributed by atoms with E-state index in [-0.39, 0.29) is 17.7 Å². The lowest BCUT2D eigenvalue weighted by Crippen LogP contribution is -2.55. The number of fused-ring (bicyclic) bond motifs is 1. The number of nitrogens with one attached hydrogen (secondary N) is 1. The van der Waals surface area contributed by atoms with Crippen LogP contribution >= 0.6 is 0 Å². The average Bonchev–Trinajstić information content (AvgIpc) is 3.38. The summed E-state index contributed by atoms with van der Waals surface area (Å²) >= 11 is 0. The number of nitrogens with zero attached hydrogens (tertiary/aromatic N) is 6. The largest absolute Gasteiger partial charge is 0.365 e. The molecule has 2 aromatic rings. The second kappa shape index (κ2) is 7.50. The number of carbonyl (C=O) groups excluding carboxylic acids is 2. The molecule has 2 aliphatic heterocycles. The van der Waals surface area contributed by atoms with E-state index in [1.54, 1.807) is 10.7 Å². The van der Waals surface area contributed by atoms with Crippen LogP contribution in [0.25, 0.3) is 0 Å². The van der Waals surface area contributed by atoms with Crippen LogP contribution in [-0.2, 0) is 35.8 Å². The van der Waals surface area contributed by atoms with Gasteiger partial charge in [0.1, 0.15) is 17.0 Å². The van der Waals surface area contributed by atoms with Gasteiger partial charge in [0.15, 0.2) is 0 Å². The molecule has 10 heteroatoms. The minimum Gasteiger partial charge on any atom is -0.365 e. The number of rotatable bonds is 5. The molecule has 30 heavy (non-hydrogen) atoms. The molecule has 1 atom stereocenters. The van der Waals surface area contributed by atoms with E-state index in [1.165, 1.54) is 0 Å². The highest BCUT2D eigenvalue weighted by molar-refractivity contribution is 5.92. The van der Waals surface area contributed by atoms with Crippen molar-refractivity contribution in [1.82, 2.24) is 35.0 Å². The maximum absolute atomic E-state index is 12.9. The third-order valence-corrected chi connectivity index (χ3v) is 6.26. The Bertz CT molecular complexity index is 964. The van der Waals surface area contributed by atoms with Gasteiger partial charge in [-0.15, -0.1) is 5.10 Å². The summed E-state index contributed by atoms with van der Waals surface area (Å²) in [6.07, 6.45) is 5.52. The smallest absolute Gasteiger partial charge is 0.274 e. The van der Waals surface area contributed by atoms with Crippen molar-refractivity contribution in [2.45, 2.75) is 64.4 Å². The molecule has 0 aromatic carbocycles. The molecule has 4 heterocycles. The molecule has 160 valence electrons. The Balaban J connectivity index is 1.26. The van der Waals surface area contributed by atoms with Crippen molar-refractivity contribution in [3.05, 3.63) is 29.3 Å². The van der Waals surface area contributed by atoms with Gasteiger partial charge in [-0.3, -0.25) is 14.3 Å². The molecule has 1 saturated carbocycles. The lowest BCUT2D eigenvalue weighted by atomic mass is 9.91. The summed E-state index contributed by atoms with van der Waals surface area (Å²) in [6, 6.07) is 1.77. The molecular formula is C20H27N7O3. The van der Waals surface area contributed by atoms with Gasteiger partial charge in [-0.25, -0.2) is 4.68 Å². The number of carbonyl (C=O) groups is 2. The van der Waals surface area contributed by atoms with Gasteiger partial charge in [0, 0.05) is 25.2 Å². The molecule has 1 unspecified atom stereocenters. The van der Waals surface area contributed by atoms with Gasteiger partial charge in [0.25, 0.3) is 5.91 Å². The normalized spacial score (nSPS) is 23.4. The number of ether oxygens (including phenoxy) is 1. The van der Waals surface area contributed by atoms with Crippen LogP contribution in [0.5, 0.6) is 0 Å². The summed E-state index contributed by atoms with van der Waals surface area (Å²) in [6.45, 7) is 5.26. The first-order chi connectivity index (χ1) is 14.6. The first-order valence-corrected chi connectivity index (χ1v) is 10.7. The summed E-state index contributed by atoms with van der Waals surface area (Å²) in [5.74, 6) is 0.208. The zero-order valence-corrected chi connectivity index (χ0v) is 17.2. The van der Waals surface area contributed by atoms with Gasteiger partial charge in [0.05, 0.1) is 31.9 Å². The fourth-order valence-corrected chi connectivity index (χ4v) is 4.32. The monoisotopic (exact) mass is 413 g/mol. The zero-order chi connectivity index (χ0) is 20.7. The zero-order valence-electron chi connectivity index (χ0n) is 17.2. The standard InChI is InChI=1S/C20H27N7O3/c1-2-26-9-6-15(23-26)19(29)25-8-3-7-20(12-25)13-27-17(11-30-20)16(22-24-27)10-21-18(28)14-4-5-14/h6,9,14H,2-5,7-8,10-13H2,1H3,(H,21,28). The molecule has 10 nitrogen and oxygen atoms in total. The molecule has 3 aliphatic rings. The minimum atomic E-state index is -0.462. The van der Waals surface area contributed by atoms with Crippen LogP contribution < -0.4 is 5.32 Å². The van der Waals surface area contributed by atoms with Crippen molar-refractivity contribution in [3.8, 4) is 0 Å². The minimum absolute atomic E-state index is 0.0576. The van der Waals surface area contributed by atoms with E-state index >= 15 is 0 Å². The molecule has 1 aliphatic carbocycles. The van der Waals surface area contributed by atoms with Gasteiger partial charge >= 0.3 is 0 Å². The number of amides is 2. The van der Waals surface area contributed by atoms with E-state index in [0.717, 1.165) is 43.6 Å². The van der Waals surface area contributed by atoms with Crippen LogP contribution in [0.1, 0.15) is 54.5 Å². The van der Waals surface area contributed by atoms with Crippen LogP contribution in [-0.4, -0.2) is 60.2 Å². The summed E-state index contributed by atoms with van der Waals surface area (Å²) < 4.78 is 9.94. The Morgan fingerprint density at radius 2 is 2.20 bits per heavy atom. The maximum Gasteiger partial charge on any atom is 0.274 e. The quantitative estimate of drug-likeness (QED) is 0.774. The lowest BCUT2D eigenvalue weighted by Gasteiger charge is -2.44. The van der Waals surface area contributed by atoms with Crippen LogP contribution in [0, 0.1) is 5.92 Å². The second-order valence-electron chi connectivity index (χ2n) is 8.49. The van der Waals surface area contributed by atoms with Crippen LogP contribution in [0.15, 0.2) is 12.3 Å². The molecule has 2 fully saturated rings. The molecule has 0 radical (unpaired) electrons. The predicted molar refractivity (Wildman–Crippen MR) is 105 cm³/mol. The van der Waals surface area contributed by atoms with E-state index in [4.69, 9.17) is 4.74 Å². The van der Waals surface area contributed by atoms with Crippen LogP contribution in [0.4, 0.5) is 0 Å². The topological polar surface area (TPSA) is 107 Å². The summed E-state index contributed by atoms with van der Waals surface area (Å²) in [5.41, 5.74) is 1.67.